The van der Waals surface area contributed by atoms with Crippen LogP contribution in [0.5, 0.6) is 0 Å². The van der Waals surface area contributed by atoms with Gasteiger partial charge in [0.1, 0.15) is 19.3 Å². The average Bonchev–Trinajstić information content (AvgIpc) is 3.08. The van der Waals surface area contributed by atoms with Gasteiger partial charge in [0.25, 0.3) is 0 Å². The van der Waals surface area contributed by atoms with E-state index in [2.05, 4.69) is 5.16 Å². The Labute approximate surface area is 300 Å². The van der Waals surface area contributed by atoms with Crippen LogP contribution in [0, 0.1) is 35.5 Å². The second-order valence-electron chi connectivity index (χ2n) is 13.8. The quantitative estimate of drug-likeness (QED) is 0.0822. The molecule has 0 aromatic rings. The molecule has 10 nitrogen and oxygen atoms in total. The van der Waals surface area contributed by atoms with E-state index < -0.39 is 54.4 Å². The smallest absolute Gasteiger partial charge is 0.373 e. The van der Waals surface area contributed by atoms with Gasteiger partial charge in [-0.25, -0.2) is 4.79 Å². The topological polar surface area (TPSA) is 147 Å². The van der Waals surface area contributed by atoms with Crippen LogP contribution in [0.2, 0.25) is 0 Å². The molecule has 1 aliphatic heterocycles. The number of oxime groups is 1. The minimum atomic E-state index is -1.07. The van der Waals surface area contributed by atoms with Crippen LogP contribution in [0.15, 0.2) is 76.7 Å². The fraction of sp³-hybridized carbons (Fsp3) is 0.650. The van der Waals surface area contributed by atoms with Crippen LogP contribution in [-0.2, 0) is 23.8 Å². The van der Waals surface area contributed by atoms with Crippen molar-refractivity contribution in [2.75, 3.05) is 21.3 Å². The van der Waals surface area contributed by atoms with Crippen LogP contribution in [0.25, 0.3) is 0 Å². The third-order valence-electron chi connectivity index (χ3n) is 9.67. The van der Waals surface area contributed by atoms with Gasteiger partial charge in [-0.3, -0.25) is 0 Å². The monoisotopic (exact) mass is 703 g/mol. The third kappa shape index (κ3) is 13.6. The fourth-order valence-electron chi connectivity index (χ4n) is 6.40. The van der Waals surface area contributed by atoms with E-state index in [-0.39, 0.29) is 29.4 Å². The molecule has 0 saturated carbocycles. The first-order chi connectivity index (χ1) is 23.6. The van der Waals surface area contributed by atoms with Gasteiger partial charge in [-0.05, 0) is 51.7 Å². The van der Waals surface area contributed by atoms with E-state index in [1.807, 2.05) is 59.8 Å². The zero-order valence-corrected chi connectivity index (χ0v) is 32.3. The summed E-state index contributed by atoms with van der Waals surface area (Å²) in [6.45, 7) is 16.9. The van der Waals surface area contributed by atoms with Crippen LogP contribution in [0.3, 0.4) is 0 Å². The highest BCUT2D eigenvalue weighted by atomic mass is 16.6. The predicted molar refractivity (Wildman–Crippen MR) is 199 cm³/mol. The second kappa shape index (κ2) is 22.7. The molecule has 50 heavy (non-hydrogen) atoms. The Morgan fingerprint density at radius 2 is 1.74 bits per heavy atom. The first-order valence-electron chi connectivity index (χ1n) is 17.7. The maximum atomic E-state index is 13.7. The third-order valence-corrected chi connectivity index (χ3v) is 9.67. The zero-order chi connectivity index (χ0) is 38.1. The normalized spacial score (nSPS) is 33.7. The summed E-state index contributed by atoms with van der Waals surface area (Å²) in [6.07, 6.45) is 12.1. The molecule has 0 saturated heterocycles. The van der Waals surface area contributed by atoms with Crippen LogP contribution < -0.4 is 0 Å². The number of rotatable bonds is 12. The van der Waals surface area contributed by atoms with Crippen molar-refractivity contribution in [1.82, 2.24) is 0 Å². The van der Waals surface area contributed by atoms with Crippen LogP contribution in [0.4, 0.5) is 0 Å². The maximum absolute atomic E-state index is 13.7. The summed E-state index contributed by atoms with van der Waals surface area (Å²) in [5, 5.41) is 48.8. The van der Waals surface area contributed by atoms with E-state index in [1.54, 1.807) is 57.2 Å². The molecule has 0 amide bonds. The summed E-state index contributed by atoms with van der Waals surface area (Å²) in [5.74, 6) is -3.04. The SMILES string of the molecule is C/C=C/C(O)C(C)/C=C/C(=N\OC)C(C)C(O)C(C)C1OC(=O)/C(OC)=C/C(C)=C/C(C)C(O)C(CC)C(O)C(C)C/C(C)=C/C=C/C1OC. The first-order valence-corrected chi connectivity index (χ1v) is 17.7. The lowest BCUT2D eigenvalue weighted by molar-refractivity contribution is -0.161. The van der Waals surface area contributed by atoms with E-state index in [1.165, 1.54) is 21.3 Å². The Morgan fingerprint density at radius 3 is 2.30 bits per heavy atom. The van der Waals surface area contributed by atoms with Gasteiger partial charge in [0.2, 0.25) is 5.76 Å². The minimum absolute atomic E-state index is 0.0604. The number of hydrogen-bond acceptors (Lipinski definition) is 10. The van der Waals surface area contributed by atoms with Crippen molar-refractivity contribution in [3.05, 3.63) is 71.6 Å². The second-order valence-corrected chi connectivity index (χ2v) is 13.8. The van der Waals surface area contributed by atoms with E-state index in [0.717, 1.165) is 5.57 Å². The summed E-state index contributed by atoms with van der Waals surface area (Å²) in [6, 6.07) is 0. The Balaban J connectivity index is 3.68. The number of ether oxygens (including phenoxy) is 3. The first kappa shape index (κ1) is 45.0. The minimum Gasteiger partial charge on any atom is -0.490 e. The number of allylic oxidation sites excluding steroid dienone is 7. The molecule has 4 N–H and O–H groups in total. The van der Waals surface area contributed by atoms with Gasteiger partial charge >= 0.3 is 5.97 Å². The molecule has 1 rings (SSSR count). The predicted octanol–water partition coefficient (Wildman–Crippen LogP) is 6.08. The van der Waals surface area contributed by atoms with Gasteiger partial charge in [0.15, 0.2) is 0 Å². The Bertz CT molecular complexity index is 1250. The lowest BCUT2D eigenvalue weighted by Crippen LogP contribution is -2.45. The highest BCUT2D eigenvalue weighted by Crippen LogP contribution is 2.30. The number of esters is 1. The molecule has 0 bridgehead atoms. The zero-order valence-electron chi connectivity index (χ0n) is 32.3. The van der Waals surface area contributed by atoms with Gasteiger partial charge in [-0.2, -0.15) is 0 Å². The lowest BCUT2D eigenvalue weighted by atomic mass is 9.79. The van der Waals surface area contributed by atoms with Gasteiger partial charge < -0.3 is 39.5 Å². The number of aliphatic hydroxyl groups excluding tert-OH is 4. The van der Waals surface area contributed by atoms with E-state index in [0.29, 0.717) is 24.1 Å². The largest absolute Gasteiger partial charge is 0.490 e. The van der Waals surface area contributed by atoms with Crippen LogP contribution >= 0.6 is 0 Å². The molecule has 10 heteroatoms. The molecule has 0 aromatic carbocycles. The number of aliphatic hydroxyl groups is 4. The van der Waals surface area contributed by atoms with Crippen LogP contribution in [0.1, 0.15) is 75.2 Å². The van der Waals surface area contributed by atoms with Crippen molar-refractivity contribution >= 4 is 11.7 Å². The maximum Gasteiger partial charge on any atom is 0.373 e. The van der Waals surface area contributed by atoms with Crippen molar-refractivity contribution in [2.24, 2.45) is 40.7 Å². The van der Waals surface area contributed by atoms with E-state index in [4.69, 9.17) is 19.0 Å². The highest BCUT2D eigenvalue weighted by molar-refractivity contribution is 5.96. The summed E-state index contributed by atoms with van der Waals surface area (Å²) in [7, 11) is 4.30. The molecular weight excluding hydrogens is 638 g/mol. The van der Waals surface area contributed by atoms with Crippen molar-refractivity contribution in [3.8, 4) is 0 Å². The molecule has 0 aliphatic carbocycles. The molecule has 0 spiro atoms. The standard InChI is InChI=1S/C40H65NO9/c1-13-16-33(42)26(5)19-20-32(41-49-12)29(8)38(45)30(9)39-34(47-10)18-15-17-24(3)21-27(6)36(43)31(14-2)37(44)28(7)22-25(4)23-35(48-11)40(46)50-39/h13,15-20,22-23,26-31,33-34,36-39,42-45H,14,21H2,1-12H3/b16-13+,18-15+,20-19+,24-17+,25-22+,35-23-,41-32+. The number of carbonyl (C=O) groups is 1. The van der Waals surface area contributed by atoms with Gasteiger partial charge in [-0.15, -0.1) is 0 Å². The van der Waals surface area contributed by atoms with Crippen molar-refractivity contribution < 1.29 is 44.3 Å². The van der Waals surface area contributed by atoms with Crippen molar-refractivity contribution in [3.63, 3.8) is 0 Å². The number of carbonyl (C=O) groups excluding carboxylic acids is 1. The van der Waals surface area contributed by atoms with Gasteiger partial charge in [-0.1, -0.05) is 100 Å². The average molecular weight is 704 g/mol. The Kier molecular flexibility index (Phi) is 20.5. The molecule has 0 fully saturated rings. The van der Waals surface area contributed by atoms with Gasteiger partial charge in [0, 0.05) is 36.7 Å². The van der Waals surface area contributed by atoms with Crippen molar-refractivity contribution in [1.29, 1.82) is 0 Å². The highest BCUT2D eigenvalue weighted by Gasteiger charge is 2.38. The number of hydrogen-bond donors (Lipinski definition) is 4. The van der Waals surface area contributed by atoms with Crippen molar-refractivity contribution in [2.45, 2.75) is 112 Å². The molecule has 284 valence electrons. The molecule has 0 radical (unpaired) electrons. The van der Waals surface area contributed by atoms with E-state index >= 15 is 0 Å². The molecule has 0 aromatic heterocycles. The van der Waals surface area contributed by atoms with Crippen LogP contribution in [-0.4, -0.2) is 90.1 Å². The summed E-state index contributed by atoms with van der Waals surface area (Å²) in [5.41, 5.74) is 2.12. The number of methoxy groups -OCH3 is 2. The summed E-state index contributed by atoms with van der Waals surface area (Å²) < 4.78 is 17.4. The summed E-state index contributed by atoms with van der Waals surface area (Å²) >= 11 is 0. The molecule has 1 heterocycles. The molecule has 12 atom stereocenters. The number of cyclic esters (lactones) is 1. The fourth-order valence-corrected chi connectivity index (χ4v) is 6.40. The number of nitrogens with zero attached hydrogens (tertiary/aromatic N) is 1. The molecule has 1 aliphatic rings. The van der Waals surface area contributed by atoms with Gasteiger partial charge in [0.05, 0.1) is 37.2 Å². The Hall–Kier alpha value is -3.02. The molecular formula is C40H65NO9. The molecule has 12 unspecified atom stereocenters. The Morgan fingerprint density at radius 1 is 1.08 bits per heavy atom. The van der Waals surface area contributed by atoms with E-state index in [9.17, 15) is 25.2 Å². The lowest BCUT2D eigenvalue weighted by Gasteiger charge is -2.34. The summed E-state index contributed by atoms with van der Waals surface area (Å²) in [4.78, 5) is 18.8.